The summed E-state index contributed by atoms with van der Waals surface area (Å²) in [5.74, 6) is -1.55. The van der Waals surface area contributed by atoms with Gasteiger partial charge in [-0.25, -0.2) is 4.39 Å². The van der Waals surface area contributed by atoms with Crippen molar-refractivity contribution in [2.45, 2.75) is 13.8 Å². The zero-order chi connectivity index (χ0) is 16.0. The van der Waals surface area contributed by atoms with Crippen molar-refractivity contribution in [3.8, 4) is 0 Å². The Morgan fingerprint density at radius 1 is 1.43 bits per heavy atom. The molecule has 0 radical (unpaired) electrons. The lowest BCUT2D eigenvalue weighted by atomic mass is 10.1. The van der Waals surface area contributed by atoms with Gasteiger partial charge >= 0.3 is 0 Å². The second kappa shape index (κ2) is 7.53. The molecule has 0 aromatic heterocycles. The van der Waals surface area contributed by atoms with E-state index in [0.717, 1.165) is 19.2 Å². The third kappa shape index (κ3) is 4.38. The van der Waals surface area contributed by atoms with Crippen LogP contribution in [-0.4, -0.2) is 41.9 Å². The molecule has 0 unspecified atom stereocenters. The van der Waals surface area contributed by atoms with Crippen LogP contribution in [0, 0.1) is 15.9 Å². The number of nitro benzene ring substituents is 1. The number of benzene rings is 1. The number of nitrogens with one attached hydrogen (secondary N) is 1. The first kappa shape index (κ1) is 16.8. The highest BCUT2D eigenvalue weighted by Crippen LogP contribution is 2.24. The standard InChI is InChI=1S/C13H19FN4O3/c1-3-17(4-2)6-5-16-13(19)9-7-11(15)10(14)8-12(9)18(20)21/h7-8H,3-6,15H2,1-2H3,(H,16,19). The predicted molar refractivity (Wildman–Crippen MR) is 77.6 cm³/mol. The molecule has 1 rings (SSSR count). The summed E-state index contributed by atoms with van der Waals surface area (Å²) in [6.07, 6.45) is 0. The summed E-state index contributed by atoms with van der Waals surface area (Å²) < 4.78 is 13.3. The first-order valence-electron chi connectivity index (χ1n) is 6.64. The van der Waals surface area contributed by atoms with Gasteiger partial charge in [-0.1, -0.05) is 13.8 Å². The van der Waals surface area contributed by atoms with E-state index in [2.05, 4.69) is 10.2 Å². The van der Waals surface area contributed by atoms with Crippen LogP contribution in [0.25, 0.3) is 0 Å². The van der Waals surface area contributed by atoms with E-state index in [9.17, 15) is 19.3 Å². The summed E-state index contributed by atoms with van der Waals surface area (Å²) in [6.45, 7) is 6.65. The molecule has 0 aliphatic heterocycles. The highest BCUT2D eigenvalue weighted by Gasteiger charge is 2.22. The first-order valence-corrected chi connectivity index (χ1v) is 6.64. The smallest absolute Gasteiger partial charge is 0.285 e. The molecule has 8 heteroatoms. The number of rotatable bonds is 7. The van der Waals surface area contributed by atoms with E-state index in [1.165, 1.54) is 0 Å². The fourth-order valence-corrected chi connectivity index (χ4v) is 1.88. The highest BCUT2D eigenvalue weighted by molar-refractivity contribution is 5.99. The molecule has 1 aromatic carbocycles. The molecule has 0 fully saturated rings. The lowest BCUT2D eigenvalue weighted by molar-refractivity contribution is -0.385. The van der Waals surface area contributed by atoms with Gasteiger partial charge in [0.1, 0.15) is 5.56 Å². The van der Waals surface area contributed by atoms with Crippen LogP contribution in [0.1, 0.15) is 24.2 Å². The minimum absolute atomic E-state index is 0.238. The second-order valence-corrected chi connectivity index (χ2v) is 4.43. The number of anilines is 1. The molecule has 3 N–H and O–H groups in total. The molecular weight excluding hydrogens is 279 g/mol. The summed E-state index contributed by atoms with van der Waals surface area (Å²) in [5.41, 5.74) is 4.23. The van der Waals surface area contributed by atoms with Gasteiger partial charge in [-0.3, -0.25) is 14.9 Å². The van der Waals surface area contributed by atoms with Gasteiger partial charge in [-0.2, -0.15) is 0 Å². The van der Waals surface area contributed by atoms with Crippen LogP contribution in [0.4, 0.5) is 15.8 Å². The SMILES string of the molecule is CCN(CC)CCNC(=O)c1cc(N)c(F)cc1[N+](=O)[O-]. The largest absolute Gasteiger partial charge is 0.396 e. The van der Waals surface area contributed by atoms with Gasteiger partial charge in [0.2, 0.25) is 0 Å². The van der Waals surface area contributed by atoms with Gasteiger partial charge in [-0.15, -0.1) is 0 Å². The number of carbonyl (C=O) groups excluding carboxylic acids is 1. The van der Waals surface area contributed by atoms with Crippen LogP contribution in [-0.2, 0) is 0 Å². The Kier molecular flexibility index (Phi) is 6.04. The van der Waals surface area contributed by atoms with E-state index in [0.29, 0.717) is 19.2 Å². The molecule has 1 aromatic rings. The molecule has 0 heterocycles. The second-order valence-electron chi connectivity index (χ2n) is 4.43. The van der Waals surface area contributed by atoms with Gasteiger partial charge < -0.3 is 16.0 Å². The van der Waals surface area contributed by atoms with Gasteiger partial charge in [-0.05, 0) is 19.2 Å². The zero-order valence-electron chi connectivity index (χ0n) is 12.1. The number of hydrogen-bond acceptors (Lipinski definition) is 5. The molecule has 0 atom stereocenters. The molecule has 7 nitrogen and oxygen atoms in total. The van der Waals surface area contributed by atoms with Crippen molar-refractivity contribution in [3.05, 3.63) is 33.6 Å². The molecule has 0 spiro atoms. The van der Waals surface area contributed by atoms with Crippen LogP contribution in [0.5, 0.6) is 0 Å². The Bertz CT molecular complexity index is 532. The van der Waals surface area contributed by atoms with Crippen molar-refractivity contribution < 1.29 is 14.1 Å². The van der Waals surface area contributed by atoms with Crippen molar-refractivity contribution >= 4 is 17.3 Å². The van der Waals surface area contributed by atoms with Crippen LogP contribution < -0.4 is 11.1 Å². The molecule has 21 heavy (non-hydrogen) atoms. The summed E-state index contributed by atoms with van der Waals surface area (Å²) in [6, 6.07) is 1.65. The van der Waals surface area contributed by atoms with Gasteiger partial charge in [0, 0.05) is 13.1 Å². The van der Waals surface area contributed by atoms with E-state index in [1.54, 1.807) is 0 Å². The molecule has 116 valence electrons. The topological polar surface area (TPSA) is 102 Å². The summed E-state index contributed by atoms with van der Waals surface area (Å²) in [7, 11) is 0. The van der Waals surface area contributed by atoms with Gasteiger partial charge in [0.05, 0.1) is 16.7 Å². The Balaban J connectivity index is 2.82. The lowest BCUT2D eigenvalue weighted by Crippen LogP contribution is -2.35. The van der Waals surface area contributed by atoms with Crippen molar-refractivity contribution in [3.63, 3.8) is 0 Å². The van der Waals surface area contributed by atoms with E-state index >= 15 is 0 Å². The fourth-order valence-electron chi connectivity index (χ4n) is 1.88. The molecule has 0 bridgehead atoms. The van der Waals surface area contributed by atoms with E-state index in [4.69, 9.17) is 5.73 Å². The maximum atomic E-state index is 13.3. The van der Waals surface area contributed by atoms with E-state index in [1.807, 2.05) is 13.8 Å². The Morgan fingerprint density at radius 2 is 2.05 bits per heavy atom. The Hall–Kier alpha value is -2.22. The van der Waals surface area contributed by atoms with Crippen molar-refractivity contribution in [1.82, 2.24) is 10.2 Å². The number of likely N-dealkylation sites (N-methyl/N-ethyl adjacent to an activating group) is 1. The number of hydrogen-bond donors (Lipinski definition) is 2. The summed E-state index contributed by atoms with van der Waals surface area (Å²) in [4.78, 5) is 24.1. The number of nitrogen functional groups attached to an aromatic ring is 1. The average Bonchev–Trinajstić information content (AvgIpc) is 2.45. The third-order valence-corrected chi connectivity index (χ3v) is 3.16. The Labute approximate surface area is 122 Å². The molecule has 0 saturated carbocycles. The number of amides is 1. The van der Waals surface area contributed by atoms with Crippen LogP contribution in [0.15, 0.2) is 12.1 Å². The molecule has 0 aliphatic carbocycles. The molecule has 0 aliphatic rings. The summed E-state index contributed by atoms with van der Waals surface area (Å²) in [5, 5.41) is 13.5. The maximum absolute atomic E-state index is 13.3. The van der Waals surface area contributed by atoms with Crippen LogP contribution >= 0.6 is 0 Å². The van der Waals surface area contributed by atoms with Crippen molar-refractivity contribution in [2.24, 2.45) is 0 Å². The lowest BCUT2D eigenvalue weighted by Gasteiger charge is -2.18. The minimum Gasteiger partial charge on any atom is -0.396 e. The Morgan fingerprint density at radius 3 is 2.57 bits per heavy atom. The van der Waals surface area contributed by atoms with Crippen LogP contribution in [0.3, 0.4) is 0 Å². The van der Waals surface area contributed by atoms with Crippen molar-refractivity contribution in [1.29, 1.82) is 0 Å². The zero-order valence-corrected chi connectivity index (χ0v) is 12.1. The predicted octanol–water partition coefficient (Wildman–Crippen LogP) is 1.39. The minimum atomic E-state index is -0.915. The first-order chi connectivity index (χ1) is 9.90. The summed E-state index contributed by atoms with van der Waals surface area (Å²) >= 11 is 0. The maximum Gasteiger partial charge on any atom is 0.285 e. The quantitative estimate of drug-likeness (QED) is 0.450. The van der Waals surface area contributed by atoms with Gasteiger partial charge in [0.25, 0.3) is 11.6 Å². The highest BCUT2D eigenvalue weighted by atomic mass is 19.1. The average molecular weight is 298 g/mol. The number of nitrogens with two attached hydrogens (primary N) is 1. The number of nitrogens with zero attached hydrogens (tertiary/aromatic N) is 2. The third-order valence-electron chi connectivity index (χ3n) is 3.16. The molecule has 0 saturated heterocycles. The number of halogens is 1. The van der Waals surface area contributed by atoms with Gasteiger partial charge in [0.15, 0.2) is 5.82 Å². The van der Waals surface area contributed by atoms with Crippen molar-refractivity contribution in [2.75, 3.05) is 31.9 Å². The number of nitro groups is 1. The number of carbonyl (C=O) groups is 1. The molecular formula is C13H19FN4O3. The molecule has 1 amide bonds. The van der Waals surface area contributed by atoms with Crippen LogP contribution in [0.2, 0.25) is 0 Å². The fraction of sp³-hybridized carbons (Fsp3) is 0.462. The monoisotopic (exact) mass is 298 g/mol. The van der Waals surface area contributed by atoms with E-state index in [-0.39, 0.29) is 11.3 Å². The normalized spacial score (nSPS) is 10.7. The van der Waals surface area contributed by atoms with E-state index < -0.39 is 22.3 Å².